The zero-order chi connectivity index (χ0) is 14.7. The molecule has 2 N–H and O–H groups in total. The van der Waals surface area contributed by atoms with E-state index >= 15 is 0 Å². The van der Waals surface area contributed by atoms with Gasteiger partial charge in [-0.15, -0.1) is 0 Å². The van der Waals surface area contributed by atoms with Crippen LogP contribution in [0.5, 0.6) is 0 Å². The van der Waals surface area contributed by atoms with Crippen LogP contribution < -0.4 is 5.32 Å². The van der Waals surface area contributed by atoms with Gasteiger partial charge in [0.15, 0.2) is 6.04 Å². The highest BCUT2D eigenvalue weighted by Crippen LogP contribution is 2.29. The Kier molecular flexibility index (Phi) is 4.53. The highest BCUT2D eigenvalue weighted by Gasteiger charge is 2.22. The Morgan fingerprint density at radius 3 is 2.40 bits per heavy atom. The number of nitrogens with one attached hydrogen (secondary N) is 1. The number of anilines is 1. The van der Waals surface area contributed by atoms with Crippen molar-refractivity contribution in [3.63, 3.8) is 0 Å². The number of rotatable bonds is 4. The summed E-state index contributed by atoms with van der Waals surface area (Å²) in [4.78, 5) is 11.5. The molecule has 0 aliphatic carbocycles. The van der Waals surface area contributed by atoms with Gasteiger partial charge < -0.3 is 10.4 Å². The van der Waals surface area contributed by atoms with E-state index in [4.69, 9.17) is 23.2 Å². The first-order chi connectivity index (χ1) is 9.47. The van der Waals surface area contributed by atoms with Crippen LogP contribution in [0.25, 0.3) is 0 Å². The molecule has 0 amide bonds. The largest absolute Gasteiger partial charge is 0.479 e. The Hall–Kier alpha value is -1.71. The summed E-state index contributed by atoms with van der Waals surface area (Å²) in [6.45, 7) is 1.96. The van der Waals surface area contributed by atoms with Crippen molar-refractivity contribution in [1.82, 2.24) is 0 Å². The minimum atomic E-state index is -1.02. The van der Waals surface area contributed by atoms with Crippen LogP contribution in [0.3, 0.4) is 0 Å². The molecule has 0 spiro atoms. The molecule has 0 aromatic heterocycles. The lowest BCUT2D eigenvalue weighted by atomic mass is 10.1. The predicted molar refractivity (Wildman–Crippen MR) is 81.6 cm³/mol. The van der Waals surface area contributed by atoms with E-state index in [2.05, 4.69) is 5.32 Å². The fourth-order valence-electron chi connectivity index (χ4n) is 1.82. The summed E-state index contributed by atoms with van der Waals surface area (Å²) in [5.41, 5.74) is 2.24. The quantitative estimate of drug-likeness (QED) is 0.871. The first-order valence-electron chi connectivity index (χ1n) is 5.98. The van der Waals surface area contributed by atoms with Crippen molar-refractivity contribution in [3.05, 3.63) is 63.6 Å². The summed E-state index contributed by atoms with van der Waals surface area (Å²) >= 11 is 12.0. The molecule has 104 valence electrons. The number of carboxylic acid groups (broad SMARTS) is 1. The predicted octanol–water partition coefficient (Wildman–Crippen LogP) is 4.54. The summed E-state index contributed by atoms with van der Waals surface area (Å²) in [6, 6.07) is 11.3. The molecule has 0 saturated carbocycles. The Morgan fingerprint density at radius 2 is 1.80 bits per heavy atom. The average molecular weight is 310 g/mol. The van der Waals surface area contributed by atoms with E-state index in [0.29, 0.717) is 21.3 Å². The Morgan fingerprint density at radius 1 is 1.15 bits per heavy atom. The molecule has 0 aliphatic rings. The van der Waals surface area contributed by atoms with Crippen molar-refractivity contribution < 1.29 is 9.90 Å². The molecule has 1 atom stereocenters. The second kappa shape index (κ2) is 6.16. The summed E-state index contributed by atoms with van der Waals surface area (Å²) in [7, 11) is 0. The van der Waals surface area contributed by atoms with Crippen LogP contribution >= 0.6 is 23.2 Å². The Bertz CT molecular complexity index is 626. The molecular formula is C15H13Cl2NO2. The second-order valence-corrected chi connectivity index (χ2v) is 5.29. The summed E-state index contributed by atoms with van der Waals surface area (Å²) < 4.78 is 0. The standard InChI is InChI=1S/C15H13Cl2NO2/c1-9-2-5-11(6-3-9)18-14(15(19)20)12-8-10(16)4-7-13(12)17/h2-8,14,18H,1H3,(H,19,20). The molecule has 0 fully saturated rings. The summed E-state index contributed by atoms with van der Waals surface area (Å²) in [5.74, 6) is -1.02. The van der Waals surface area contributed by atoms with Crippen LogP contribution in [-0.4, -0.2) is 11.1 Å². The number of hydrogen-bond donors (Lipinski definition) is 2. The molecule has 20 heavy (non-hydrogen) atoms. The van der Waals surface area contributed by atoms with Gasteiger partial charge in [0.2, 0.25) is 0 Å². The molecule has 2 rings (SSSR count). The lowest BCUT2D eigenvalue weighted by molar-refractivity contribution is -0.138. The van der Waals surface area contributed by atoms with Gasteiger partial charge in [-0.05, 0) is 37.3 Å². The average Bonchev–Trinajstić information content (AvgIpc) is 2.41. The third-order valence-corrected chi connectivity index (χ3v) is 3.46. The Labute approximate surface area is 127 Å². The van der Waals surface area contributed by atoms with Gasteiger partial charge in [0.05, 0.1) is 0 Å². The fourth-order valence-corrected chi connectivity index (χ4v) is 2.23. The zero-order valence-electron chi connectivity index (χ0n) is 10.7. The van der Waals surface area contributed by atoms with E-state index in [0.717, 1.165) is 5.56 Å². The second-order valence-electron chi connectivity index (χ2n) is 4.45. The van der Waals surface area contributed by atoms with Gasteiger partial charge in [0, 0.05) is 21.3 Å². The van der Waals surface area contributed by atoms with Crippen molar-refractivity contribution in [2.45, 2.75) is 13.0 Å². The van der Waals surface area contributed by atoms with E-state index in [1.54, 1.807) is 18.2 Å². The van der Waals surface area contributed by atoms with E-state index in [-0.39, 0.29) is 0 Å². The maximum absolute atomic E-state index is 11.5. The van der Waals surface area contributed by atoms with Crippen LogP contribution in [0.4, 0.5) is 5.69 Å². The molecule has 1 unspecified atom stereocenters. The maximum atomic E-state index is 11.5. The monoisotopic (exact) mass is 309 g/mol. The van der Waals surface area contributed by atoms with Crippen molar-refractivity contribution in [2.24, 2.45) is 0 Å². The third kappa shape index (κ3) is 3.44. The van der Waals surface area contributed by atoms with Crippen molar-refractivity contribution in [1.29, 1.82) is 0 Å². The van der Waals surface area contributed by atoms with Crippen LogP contribution in [0.1, 0.15) is 17.2 Å². The SMILES string of the molecule is Cc1ccc(NC(C(=O)O)c2cc(Cl)ccc2Cl)cc1. The van der Waals surface area contributed by atoms with Gasteiger partial charge in [-0.2, -0.15) is 0 Å². The molecule has 0 heterocycles. The maximum Gasteiger partial charge on any atom is 0.330 e. The van der Waals surface area contributed by atoms with E-state index < -0.39 is 12.0 Å². The summed E-state index contributed by atoms with van der Waals surface area (Å²) in [5, 5.41) is 13.1. The van der Waals surface area contributed by atoms with Crippen LogP contribution in [0.15, 0.2) is 42.5 Å². The minimum Gasteiger partial charge on any atom is -0.479 e. The number of halogens is 2. The molecule has 0 radical (unpaired) electrons. The smallest absolute Gasteiger partial charge is 0.330 e. The molecular weight excluding hydrogens is 297 g/mol. The van der Waals surface area contributed by atoms with E-state index in [1.807, 2.05) is 31.2 Å². The van der Waals surface area contributed by atoms with Crippen LogP contribution in [0.2, 0.25) is 10.0 Å². The molecule has 2 aromatic carbocycles. The number of aliphatic carboxylic acids is 1. The normalized spacial score (nSPS) is 11.9. The Balaban J connectivity index is 2.34. The van der Waals surface area contributed by atoms with Crippen LogP contribution in [-0.2, 0) is 4.79 Å². The molecule has 3 nitrogen and oxygen atoms in total. The molecule has 5 heteroatoms. The lowest BCUT2D eigenvalue weighted by Crippen LogP contribution is -2.20. The van der Waals surface area contributed by atoms with Gasteiger partial charge in [0.25, 0.3) is 0 Å². The number of hydrogen-bond acceptors (Lipinski definition) is 2. The number of benzene rings is 2. The van der Waals surface area contributed by atoms with Gasteiger partial charge in [-0.1, -0.05) is 40.9 Å². The van der Waals surface area contributed by atoms with Gasteiger partial charge in [-0.3, -0.25) is 0 Å². The number of carboxylic acids is 1. The van der Waals surface area contributed by atoms with Crippen molar-refractivity contribution >= 4 is 34.9 Å². The van der Waals surface area contributed by atoms with Crippen molar-refractivity contribution in [2.75, 3.05) is 5.32 Å². The zero-order valence-corrected chi connectivity index (χ0v) is 12.2. The molecule has 0 saturated heterocycles. The fraction of sp³-hybridized carbons (Fsp3) is 0.133. The topological polar surface area (TPSA) is 49.3 Å². The van der Waals surface area contributed by atoms with E-state index in [1.165, 1.54) is 0 Å². The summed E-state index contributed by atoms with van der Waals surface area (Å²) in [6.07, 6.45) is 0. The number of aryl methyl sites for hydroxylation is 1. The highest BCUT2D eigenvalue weighted by molar-refractivity contribution is 6.33. The molecule has 2 aromatic rings. The van der Waals surface area contributed by atoms with Gasteiger partial charge in [0.1, 0.15) is 0 Å². The first-order valence-corrected chi connectivity index (χ1v) is 6.74. The van der Waals surface area contributed by atoms with E-state index in [9.17, 15) is 9.90 Å². The molecule has 0 bridgehead atoms. The minimum absolute atomic E-state index is 0.362. The number of carbonyl (C=O) groups is 1. The van der Waals surface area contributed by atoms with Gasteiger partial charge >= 0.3 is 5.97 Å². The highest BCUT2D eigenvalue weighted by atomic mass is 35.5. The lowest BCUT2D eigenvalue weighted by Gasteiger charge is -2.17. The molecule has 0 aliphatic heterocycles. The third-order valence-electron chi connectivity index (χ3n) is 2.88. The van der Waals surface area contributed by atoms with Gasteiger partial charge in [-0.25, -0.2) is 4.79 Å². The van der Waals surface area contributed by atoms with Crippen LogP contribution in [0, 0.1) is 6.92 Å². The van der Waals surface area contributed by atoms with Crippen molar-refractivity contribution in [3.8, 4) is 0 Å². The first kappa shape index (κ1) is 14.7.